The quantitative estimate of drug-likeness (QED) is 0.879. The maximum atomic E-state index is 13.5. The predicted octanol–water partition coefficient (Wildman–Crippen LogP) is 4.08. The summed E-state index contributed by atoms with van der Waals surface area (Å²) in [5.74, 6) is 0.604. The molecule has 0 aliphatic carbocycles. The molecule has 0 saturated heterocycles. The lowest BCUT2D eigenvalue weighted by Gasteiger charge is -2.16. The molecule has 2 aromatic rings. The summed E-state index contributed by atoms with van der Waals surface area (Å²) in [6.07, 6.45) is -0.910. The topological polar surface area (TPSA) is 38.7 Å². The van der Waals surface area contributed by atoms with Crippen LogP contribution in [0.2, 0.25) is 0 Å². The van der Waals surface area contributed by atoms with E-state index >= 15 is 0 Å². The van der Waals surface area contributed by atoms with Gasteiger partial charge < -0.3 is 14.6 Å². The lowest BCUT2D eigenvalue weighted by Crippen LogP contribution is -2.03. The van der Waals surface area contributed by atoms with Crippen molar-refractivity contribution in [2.24, 2.45) is 0 Å². The van der Waals surface area contributed by atoms with Crippen LogP contribution in [0.5, 0.6) is 11.5 Å². The summed E-state index contributed by atoms with van der Waals surface area (Å²) >= 11 is 3.12. The number of aliphatic hydroxyl groups is 1. The Labute approximate surface area is 131 Å². The zero-order valence-corrected chi connectivity index (χ0v) is 13.4. The first-order chi connectivity index (χ1) is 10.1. The maximum absolute atomic E-state index is 13.5. The minimum absolute atomic E-state index is 0.281. The highest BCUT2D eigenvalue weighted by Gasteiger charge is 2.18. The predicted molar refractivity (Wildman–Crippen MR) is 82.3 cm³/mol. The van der Waals surface area contributed by atoms with Gasteiger partial charge in [-0.05, 0) is 46.6 Å². The molecule has 21 heavy (non-hydrogen) atoms. The van der Waals surface area contributed by atoms with Crippen LogP contribution >= 0.6 is 15.9 Å². The Morgan fingerprint density at radius 2 is 1.90 bits per heavy atom. The first-order valence-electron chi connectivity index (χ1n) is 6.50. The van der Waals surface area contributed by atoms with E-state index in [1.807, 2.05) is 6.92 Å². The van der Waals surface area contributed by atoms with Crippen molar-refractivity contribution in [1.82, 2.24) is 0 Å². The van der Waals surface area contributed by atoms with Crippen LogP contribution in [0.25, 0.3) is 0 Å². The van der Waals surface area contributed by atoms with Gasteiger partial charge in [-0.3, -0.25) is 0 Å². The average molecular weight is 355 g/mol. The van der Waals surface area contributed by atoms with Gasteiger partial charge in [-0.15, -0.1) is 0 Å². The smallest absolute Gasteiger partial charge is 0.141 e. The zero-order valence-electron chi connectivity index (χ0n) is 11.8. The Morgan fingerprint density at radius 1 is 1.24 bits per heavy atom. The van der Waals surface area contributed by atoms with Crippen molar-refractivity contribution < 1.29 is 19.0 Å². The number of hydrogen-bond donors (Lipinski definition) is 1. The lowest BCUT2D eigenvalue weighted by atomic mass is 10.0. The molecule has 0 fully saturated rings. The summed E-state index contributed by atoms with van der Waals surface area (Å²) in [6.45, 7) is 2.49. The number of aliphatic hydroxyl groups excluding tert-OH is 1. The fourth-order valence-electron chi connectivity index (χ4n) is 2.03. The van der Waals surface area contributed by atoms with Crippen LogP contribution in [0.15, 0.2) is 40.9 Å². The van der Waals surface area contributed by atoms with Gasteiger partial charge in [-0.2, -0.15) is 0 Å². The standard InChI is InChI=1S/C16H16BrFO3/c1-3-21-11-6-4-10(5-7-11)16(19)12-8-13(17)14(18)9-15(12)20-2/h4-9,16,19H,3H2,1-2H3. The van der Waals surface area contributed by atoms with Crippen LogP contribution in [-0.4, -0.2) is 18.8 Å². The van der Waals surface area contributed by atoms with Crippen LogP contribution in [0.4, 0.5) is 4.39 Å². The molecule has 1 atom stereocenters. The summed E-state index contributed by atoms with van der Waals surface area (Å²) in [4.78, 5) is 0. The van der Waals surface area contributed by atoms with Crippen LogP contribution in [0, 0.1) is 5.82 Å². The maximum Gasteiger partial charge on any atom is 0.141 e. The van der Waals surface area contributed by atoms with E-state index in [4.69, 9.17) is 9.47 Å². The second kappa shape index (κ2) is 6.91. The Kier molecular flexibility index (Phi) is 5.20. The highest BCUT2D eigenvalue weighted by molar-refractivity contribution is 9.10. The summed E-state index contributed by atoms with van der Waals surface area (Å²) in [7, 11) is 1.44. The van der Waals surface area contributed by atoms with Gasteiger partial charge in [0.2, 0.25) is 0 Å². The molecule has 0 saturated carbocycles. The van der Waals surface area contributed by atoms with E-state index in [-0.39, 0.29) is 4.47 Å². The summed E-state index contributed by atoms with van der Waals surface area (Å²) in [5, 5.41) is 10.5. The number of ether oxygens (including phenoxy) is 2. The number of benzene rings is 2. The first-order valence-corrected chi connectivity index (χ1v) is 7.29. The fraction of sp³-hybridized carbons (Fsp3) is 0.250. The molecule has 0 radical (unpaired) electrons. The molecule has 5 heteroatoms. The van der Waals surface area contributed by atoms with Crippen molar-refractivity contribution >= 4 is 15.9 Å². The van der Waals surface area contributed by atoms with Gasteiger partial charge in [-0.1, -0.05) is 12.1 Å². The number of methoxy groups -OCH3 is 1. The minimum Gasteiger partial charge on any atom is -0.496 e. The Morgan fingerprint density at radius 3 is 2.48 bits per heavy atom. The van der Waals surface area contributed by atoms with E-state index < -0.39 is 11.9 Å². The average Bonchev–Trinajstić information content (AvgIpc) is 2.50. The molecule has 0 amide bonds. The molecule has 112 valence electrons. The van der Waals surface area contributed by atoms with E-state index in [1.165, 1.54) is 19.2 Å². The SMILES string of the molecule is CCOc1ccc(C(O)c2cc(Br)c(F)cc2OC)cc1. The van der Waals surface area contributed by atoms with E-state index in [0.29, 0.717) is 23.5 Å². The summed E-state index contributed by atoms with van der Waals surface area (Å²) in [6, 6.07) is 9.88. The molecule has 0 bridgehead atoms. The molecule has 0 aromatic heterocycles. The van der Waals surface area contributed by atoms with Crippen molar-refractivity contribution in [3.8, 4) is 11.5 Å². The summed E-state index contributed by atoms with van der Waals surface area (Å²) < 4.78 is 24.3. The van der Waals surface area contributed by atoms with E-state index in [0.717, 1.165) is 5.75 Å². The molecule has 2 aromatic carbocycles. The van der Waals surface area contributed by atoms with Gasteiger partial charge in [0.05, 0.1) is 18.2 Å². The van der Waals surface area contributed by atoms with Crippen LogP contribution in [-0.2, 0) is 0 Å². The molecule has 0 heterocycles. The Hall–Kier alpha value is -1.59. The molecule has 0 spiro atoms. The highest BCUT2D eigenvalue weighted by atomic mass is 79.9. The number of rotatable bonds is 5. The van der Waals surface area contributed by atoms with Crippen LogP contribution in [0.3, 0.4) is 0 Å². The molecule has 0 aliphatic heterocycles. The van der Waals surface area contributed by atoms with Gasteiger partial charge in [0, 0.05) is 11.6 Å². The van der Waals surface area contributed by atoms with Crippen LogP contribution < -0.4 is 9.47 Å². The van der Waals surface area contributed by atoms with Gasteiger partial charge in [0.1, 0.15) is 23.4 Å². The molecular formula is C16H16BrFO3. The van der Waals surface area contributed by atoms with E-state index in [9.17, 15) is 9.50 Å². The molecular weight excluding hydrogens is 339 g/mol. The second-order valence-electron chi connectivity index (χ2n) is 4.41. The van der Waals surface area contributed by atoms with Crippen molar-refractivity contribution in [3.63, 3.8) is 0 Å². The fourth-order valence-corrected chi connectivity index (χ4v) is 2.39. The van der Waals surface area contributed by atoms with E-state index in [2.05, 4.69) is 15.9 Å². The Bertz CT molecular complexity index is 614. The normalized spacial score (nSPS) is 12.0. The number of hydrogen-bond acceptors (Lipinski definition) is 3. The van der Waals surface area contributed by atoms with Crippen molar-refractivity contribution in [1.29, 1.82) is 0 Å². The third kappa shape index (κ3) is 3.54. The van der Waals surface area contributed by atoms with Crippen LogP contribution in [0.1, 0.15) is 24.2 Å². The lowest BCUT2D eigenvalue weighted by molar-refractivity contribution is 0.214. The van der Waals surface area contributed by atoms with Gasteiger partial charge in [-0.25, -0.2) is 4.39 Å². The molecule has 2 rings (SSSR count). The molecule has 1 N–H and O–H groups in total. The van der Waals surface area contributed by atoms with Gasteiger partial charge in [0.25, 0.3) is 0 Å². The van der Waals surface area contributed by atoms with Gasteiger partial charge in [0.15, 0.2) is 0 Å². The third-order valence-electron chi connectivity index (χ3n) is 3.07. The number of halogens is 2. The van der Waals surface area contributed by atoms with Crippen molar-refractivity contribution in [2.75, 3.05) is 13.7 Å². The van der Waals surface area contributed by atoms with Crippen molar-refractivity contribution in [2.45, 2.75) is 13.0 Å². The minimum atomic E-state index is -0.910. The third-order valence-corrected chi connectivity index (χ3v) is 3.68. The zero-order chi connectivity index (χ0) is 15.4. The summed E-state index contributed by atoms with van der Waals surface area (Å²) in [5.41, 5.74) is 1.17. The van der Waals surface area contributed by atoms with E-state index in [1.54, 1.807) is 24.3 Å². The molecule has 1 unspecified atom stereocenters. The Balaban J connectivity index is 2.34. The van der Waals surface area contributed by atoms with Gasteiger partial charge >= 0.3 is 0 Å². The molecule has 3 nitrogen and oxygen atoms in total. The van der Waals surface area contributed by atoms with Crippen molar-refractivity contribution in [3.05, 3.63) is 57.8 Å². The highest BCUT2D eigenvalue weighted by Crippen LogP contribution is 2.34. The monoisotopic (exact) mass is 354 g/mol. The molecule has 0 aliphatic rings. The first kappa shape index (κ1) is 15.8. The second-order valence-corrected chi connectivity index (χ2v) is 5.27. The largest absolute Gasteiger partial charge is 0.496 e.